The third-order valence-corrected chi connectivity index (χ3v) is 5.27. The molecule has 0 unspecified atom stereocenters. The van der Waals surface area contributed by atoms with E-state index in [9.17, 15) is 4.79 Å². The first-order chi connectivity index (χ1) is 12.2. The van der Waals surface area contributed by atoms with E-state index in [1.54, 1.807) is 0 Å². The summed E-state index contributed by atoms with van der Waals surface area (Å²) in [5.41, 5.74) is 2.60. The smallest absolute Gasteiger partial charge is 0.275 e. The van der Waals surface area contributed by atoms with Gasteiger partial charge in [0.05, 0.1) is 19.1 Å². The molecule has 0 bridgehead atoms. The largest absolute Gasteiger partial charge is 0.345 e. The molecule has 132 valence electrons. The molecule has 0 spiro atoms. The van der Waals surface area contributed by atoms with Crippen molar-refractivity contribution < 1.29 is 9.69 Å². The van der Waals surface area contributed by atoms with Gasteiger partial charge in [-0.15, -0.1) is 0 Å². The Morgan fingerprint density at radius 1 is 1.04 bits per heavy atom. The first-order valence-electron chi connectivity index (χ1n) is 9.42. The van der Waals surface area contributed by atoms with Gasteiger partial charge in [0.1, 0.15) is 0 Å². The highest BCUT2D eigenvalue weighted by atomic mass is 16.2. The number of amides is 1. The molecule has 1 aliphatic rings. The Kier molecular flexibility index (Phi) is 6.24. The van der Waals surface area contributed by atoms with E-state index >= 15 is 0 Å². The van der Waals surface area contributed by atoms with Crippen molar-refractivity contribution in [2.45, 2.75) is 32.2 Å². The van der Waals surface area contributed by atoms with Gasteiger partial charge in [0.25, 0.3) is 5.91 Å². The van der Waals surface area contributed by atoms with Crippen molar-refractivity contribution in [3.05, 3.63) is 71.8 Å². The summed E-state index contributed by atoms with van der Waals surface area (Å²) < 4.78 is 0. The van der Waals surface area contributed by atoms with E-state index in [-0.39, 0.29) is 11.9 Å². The van der Waals surface area contributed by atoms with E-state index in [2.05, 4.69) is 54.7 Å². The predicted molar refractivity (Wildman–Crippen MR) is 101 cm³/mol. The second-order valence-corrected chi connectivity index (χ2v) is 7.26. The van der Waals surface area contributed by atoms with Crippen molar-refractivity contribution in [1.82, 2.24) is 5.32 Å². The van der Waals surface area contributed by atoms with Crippen LogP contribution in [0.2, 0.25) is 0 Å². The number of carbonyl (C=O) groups excluding carboxylic acids is 1. The van der Waals surface area contributed by atoms with E-state index in [1.807, 2.05) is 18.2 Å². The van der Waals surface area contributed by atoms with Crippen molar-refractivity contribution >= 4 is 5.91 Å². The van der Waals surface area contributed by atoms with Crippen molar-refractivity contribution in [2.24, 2.45) is 5.92 Å². The number of likely N-dealkylation sites (tertiary alicyclic amines) is 1. The number of piperidine rings is 1. The van der Waals surface area contributed by atoms with Crippen LogP contribution in [0.25, 0.3) is 0 Å². The number of hydrogen-bond donors (Lipinski definition) is 2. The molecule has 1 atom stereocenters. The van der Waals surface area contributed by atoms with Gasteiger partial charge < -0.3 is 10.2 Å². The highest BCUT2D eigenvalue weighted by Crippen LogP contribution is 2.16. The number of carbonyl (C=O) groups is 1. The van der Waals surface area contributed by atoms with Crippen LogP contribution >= 0.6 is 0 Å². The minimum atomic E-state index is 0.0729. The molecule has 1 fully saturated rings. The maximum Gasteiger partial charge on any atom is 0.275 e. The normalized spacial score (nSPS) is 21.5. The van der Waals surface area contributed by atoms with Gasteiger partial charge >= 0.3 is 0 Å². The second-order valence-electron chi connectivity index (χ2n) is 7.26. The molecule has 1 aliphatic heterocycles. The molecule has 0 aliphatic carbocycles. The average molecular weight is 337 g/mol. The van der Waals surface area contributed by atoms with Crippen LogP contribution in [0.1, 0.15) is 36.9 Å². The number of hydrogen-bond acceptors (Lipinski definition) is 1. The molecule has 1 saturated heterocycles. The lowest BCUT2D eigenvalue weighted by atomic mass is 9.90. The molecule has 0 radical (unpaired) electrons. The maximum absolute atomic E-state index is 12.3. The van der Waals surface area contributed by atoms with Gasteiger partial charge in [0, 0.05) is 0 Å². The molecule has 3 heteroatoms. The second kappa shape index (κ2) is 8.82. The van der Waals surface area contributed by atoms with Gasteiger partial charge in [-0.05, 0) is 43.2 Å². The SMILES string of the molecule is C[C@@H](NC(=O)C[NH+]1CCC(Cc2ccccc2)CC1)c1ccccc1. The fraction of sp³-hybridized carbons (Fsp3) is 0.409. The van der Waals surface area contributed by atoms with Crippen LogP contribution in [0.4, 0.5) is 0 Å². The van der Waals surface area contributed by atoms with Crippen molar-refractivity contribution in [1.29, 1.82) is 0 Å². The lowest BCUT2D eigenvalue weighted by Gasteiger charge is -2.29. The summed E-state index contributed by atoms with van der Waals surface area (Å²) in [4.78, 5) is 13.8. The lowest BCUT2D eigenvalue weighted by Crippen LogP contribution is -3.14. The summed E-state index contributed by atoms with van der Waals surface area (Å²) >= 11 is 0. The average Bonchev–Trinajstić information content (AvgIpc) is 2.65. The van der Waals surface area contributed by atoms with Gasteiger partial charge in [-0.25, -0.2) is 0 Å². The molecule has 2 aromatic rings. The van der Waals surface area contributed by atoms with Crippen LogP contribution in [-0.2, 0) is 11.2 Å². The van der Waals surface area contributed by atoms with Crippen molar-refractivity contribution in [2.75, 3.05) is 19.6 Å². The third kappa shape index (κ3) is 5.43. The Morgan fingerprint density at radius 3 is 2.28 bits per heavy atom. The summed E-state index contributed by atoms with van der Waals surface area (Å²) in [6, 6.07) is 21.0. The van der Waals surface area contributed by atoms with Gasteiger partial charge in [-0.2, -0.15) is 0 Å². The number of benzene rings is 2. The number of nitrogens with one attached hydrogen (secondary N) is 2. The molecule has 0 saturated carbocycles. The summed E-state index contributed by atoms with van der Waals surface area (Å²) in [6.45, 7) is 4.85. The Balaban J connectivity index is 1.40. The minimum Gasteiger partial charge on any atom is -0.345 e. The van der Waals surface area contributed by atoms with Gasteiger partial charge in [-0.3, -0.25) is 4.79 Å². The van der Waals surface area contributed by atoms with Crippen LogP contribution in [0, 0.1) is 5.92 Å². The van der Waals surface area contributed by atoms with Crippen LogP contribution in [0.3, 0.4) is 0 Å². The maximum atomic E-state index is 12.3. The zero-order valence-corrected chi connectivity index (χ0v) is 15.1. The van der Waals surface area contributed by atoms with Crippen LogP contribution in [0.15, 0.2) is 60.7 Å². The van der Waals surface area contributed by atoms with Crippen LogP contribution in [-0.4, -0.2) is 25.5 Å². The summed E-state index contributed by atoms with van der Waals surface area (Å²) in [5.74, 6) is 0.922. The van der Waals surface area contributed by atoms with E-state index < -0.39 is 0 Å². The minimum absolute atomic E-state index is 0.0729. The fourth-order valence-corrected chi connectivity index (χ4v) is 3.76. The van der Waals surface area contributed by atoms with Gasteiger partial charge in [0.15, 0.2) is 6.54 Å². The molecular weight excluding hydrogens is 308 g/mol. The summed E-state index contributed by atoms with van der Waals surface area (Å²) in [7, 11) is 0. The molecule has 0 aromatic heterocycles. The summed E-state index contributed by atoms with van der Waals surface area (Å²) in [6.07, 6.45) is 3.60. The zero-order valence-electron chi connectivity index (χ0n) is 15.1. The van der Waals surface area contributed by atoms with Crippen molar-refractivity contribution in [3.63, 3.8) is 0 Å². The van der Waals surface area contributed by atoms with E-state index in [0.717, 1.165) is 24.6 Å². The first kappa shape index (κ1) is 17.7. The van der Waals surface area contributed by atoms with Crippen molar-refractivity contribution in [3.8, 4) is 0 Å². The third-order valence-electron chi connectivity index (χ3n) is 5.27. The zero-order chi connectivity index (χ0) is 17.5. The van der Waals surface area contributed by atoms with Gasteiger partial charge in [-0.1, -0.05) is 60.7 Å². The predicted octanol–water partition coefficient (Wildman–Crippen LogP) is 2.40. The highest BCUT2D eigenvalue weighted by molar-refractivity contribution is 5.77. The highest BCUT2D eigenvalue weighted by Gasteiger charge is 2.24. The molecule has 3 rings (SSSR count). The van der Waals surface area contributed by atoms with E-state index in [0.29, 0.717) is 6.54 Å². The molecule has 1 heterocycles. The molecule has 25 heavy (non-hydrogen) atoms. The van der Waals surface area contributed by atoms with Crippen LogP contribution in [0.5, 0.6) is 0 Å². The molecule has 1 amide bonds. The Hall–Kier alpha value is -2.13. The first-order valence-corrected chi connectivity index (χ1v) is 9.42. The Labute approximate surface area is 151 Å². The lowest BCUT2D eigenvalue weighted by molar-refractivity contribution is -0.898. The number of rotatable bonds is 6. The Morgan fingerprint density at radius 2 is 1.64 bits per heavy atom. The van der Waals surface area contributed by atoms with Gasteiger partial charge in [0.2, 0.25) is 0 Å². The summed E-state index contributed by atoms with van der Waals surface area (Å²) in [5, 5.41) is 3.13. The standard InChI is InChI=1S/C22H28N2O/c1-18(21-10-6-3-7-11-21)23-22(25)17-24-14-12-20(13-15-24)16-19-8-4-2-5-9-19/h2-11,18,20H,12-17H2,1H3,(H,23,25)/p+1/t18-/m1/s1. The molecule has 3 nitrogen and oxygen atoms in total. The topological polar surface area (TPSA) is 33.5 Å². The van der Waals surface area contributed by atoms with Crippen LogP contribution < -0.4 is 10.2 Å². The monoisotopic (exact) mass is 337 g/mol. The molecule has 2 N–H and O–H groups in total. The number of quaternary nitrogens is 1. The Bertz CT molecular complexity index is 648. The fourth-order valence-electron chi connectivity index (χ4n) is 3.76. The molecule has 2 aromatic carbocycles. The quantitative estimate of drug-likeness (QED) is 0.834. The van der Waals surface area contributed by atoms with E-state index in [4.69, 9.17) is 0 Å². The van der Waals surface area contributed by atoms with E-state index in [1.165, 1.54) is 29.7 Å². The molecular formula is C22H29N2O+.